The summed E-state index contributed by atoms with van der Waals surface area (Å²) in [7, 11) is 13.7. The molecule has 0 aliphatic rings. The standard InChI is InChI=1S/5C20H19P/c1-14-3-6-17(7-4-14)20-13-18(8-5-15(20)2)16-9-11-19(21)12-10-16;1-14-3-6-16(7-4-14)18-8-5-15(2)20(13-18)17-9-11-19(21)12-10-17;1-14-3-5-16(6-4-14)18-11-15(2)12-19(13-18)17-7-9-20(21)10-8-17;1-14-6-8-16(9-7-14)17-4-3-5-18(13-17)20-11-10-19(21)12-15(20)2;1-14-6-8-16(9-7-14)17-4-3-5-18(13-17)19-10-11-20(21)15(2)12-19/h5*3-13H,21H2,1-2H3. The van der Waals surface area contributed by atoms with E-state index in [2.05, 4.69) is 449 Å². The van der Waals surface area contributed by atoms with Gasteiger partial charge in [0.05, 0.1) is 0 Å². The first-order chi connectivity index (χ1) is 50.6. The third kappa shape index (κ3) is 21.4. The van der Waals surface area contributed by atoms with Gasteiger partial charge in [-0.25, -0.2) is 0 Å². The van der Waals surface area contributed by atoms with Crippen molar-refractivity contribution in [1.29, 1.82) is 0 Å². The zero-order chi connectivity index (χ0) is 74.1. The number of hydrogen-bond acceptors (Lipinski definition) is 0. The Hall–Kier alpha value is -9.55. The summed E-state index contributed by atoms with van der Waals surface area (Å²) >= 11 is 0. The van der Waals surface area contributed by atoms with Crippen molar-refractivity contribution in [3.05, 3.63) is 389 Å². The van der Waals surface area contributed by atoms with Crippen molar-refractivity contribution in [2.75, 3.05) is 0 Å². The molecule has 0 spiro atoms. The molecule has 0 amide bonds. The van der Waals surface area contributed by atoms with Crippen LogP contribution in [0.3, 0.4) is 0 Å². The molecule has 0 aliphatic heterocycles. The lowest BCUT2D eigenvalue weighted by Gasteiger charge is -2.10. The van der Waals surface area contributed by atoms with Crippen LogP contribution in [0.5, 0.6) is 0 Å². The molecule has 0 saturated carbocycles. The molecule has 0 nitrogen and oxygen atoms in total. The molecule has 0 N–H and O–H groups in total. The van der Waals surface area contributed by atoms with Gasteiger partial charge in [-0.1, -0.05) is 331 Å². The van der Waals surface area contributed by atoms with Gasteiger partial charge in [-0.05, 0) is 265 Å². The van der Waals surface area contributed by atoms with Gasteiger partial charge in [0.15, 0.2) is 0 Å². The van der Waals surface area contributed by atoms with Crippen LogP contribution in [0.1, 0.15) is 55.6 Å². The van der Waals surface area contributed by atoms with Crippen LogP contribution in [0.4, 0.5) is 0 Å². The Morgan fingerprint density at radius 2 is 0.410 bits per heavy atom. The molecule has 0 aliphatic carbocycles. The molecule has 15 aromatic carbocycles. The molecule has 15 aromatic rings. The number of benzene rings is 15. The fraction of sp³-hybridized carbons (Fsp3) is 0.100. The van der Waals surface area contributed by atoms with Gasteiger partial charge in [0, 0.05) is 0 Å². The van der Waals surface area contributed by atoms with Crippen molar-refractivity contribution in [2.45, 2.75) is 69.2 Å². The monoisotopic (exact) mass is 1450 g/mol. The van der Waals surface area contributed by atoms with Gasteiger partial charge >= 0.3 is 0 Å². The van der Waals surface area contributed by atoms with Crippen LogP contribution in [-0.4, -0.2) is 0 Å². The summed E-state index contributed by atoms with van der Waals surface area (Å²) in [5, 5.41) is 6.13. The number of hydrogen-bond donors (Lipinski definition) is 0. The predicted octanol–water partition coefficient (Wildman–Crippen LogP) is 25.7. The van der Waals surface area contributed by atoms with E-state index < -0.39 is 0 Å². The van der Waals surface area contributed by atoms with Gasteiger partial charge in [0.25, 0.3) is 0 Å². The van der Waals surface area contributed by atoms with Crippen molar-refractivity contribution < 1.29 is 0 Å². The number of rotatable bonds is 10. The summed E-state index contributed by atoms with van der Waals surface area (Å²) < 4.78 is 0. The smallest absolute Gasteiger partial charge is 0.0149 e. The SMILES string of the molecule is Cc1ccc(-c2cc(-c3ccc(P)cc3)ccc2C)cc1.Cc1ccc(-c2cc(C)cc(-c3ccc(P)cc3)c2)cc1.Cc1ccc(-c2ccc(C)c(-c3ccc(P)cc3)c2)cc1.Cc1ccc(-c2cccc(-c3ccc(P)c(C)c3)c2)cc1.Cc1ccc(-c2cccc(-c3ccc(P)cc3C)c2)cc1. The fourth-order valence-electron chi connectivity index (χ4n) is 12.7. The predicted molar refractivity (Wildman–Crippen MR) is 481 cm³/mol. The maximum atomic E-state index is 2.78. The molecule has 105 heavy (non-hydrogen) atoms. The average Bonchev–Trinajstić information content (AvgIpc) is 0.834. The molecule has 0 bridgehead atoms. The van der Waals surface area contributed by atoms with Crippen LogP contribution >= 0.6 is 46.2 Å². The quantitative estimate of drug-likeness (QED) is 0.120. The summed E-state index contributed by atoms with van der Waals surface area (Å²) in [5.74, 6) is 0. The largest absolute Gasteiger partial charge is 0.106 e. The first kappa shape index (κ1) is 76.6. The molecular formula is C100H95P5. The molecule has 0 aromatic heterocycles. The summed E-state index contributed by atoms with van der Waals surface area (Å²) in [6, 6.07) is 120. The van der Waals surface area contributed by atoms with E-state index in [-0.39, 0.29) is 0 Å². The van der Waals surface area contributed by atoms with Crippen molar-refractivity contribution >= 4 is 72.7 Å². The second kappa shape index (κ2) is 36.4. The second-order valence-corrected chi connectivity index (χ2v) is 30.9. The zero-order valence-corrected chi connectivity index (χ0v) is 67.9. The van der Waals surface area contributed by atoms with Gasteiger partial charge in [-0.3, -0.25) is 0 Å². The van der Waals surface area contributed by atoms with E-state index >= 15 is 0 Å². The van der Waals surface area contributed by atoms with Crippen LogP contribution in [-0.2, 0) is 0 Å². The Kier molecular flexibility index (Phi) is 26.6. The van der Waals surface area contributed by atoms with Gasteiger partial charge < -0.3 is 0 Å². The molecular weight excluding hydrogens is 1360 g/mol. The first-order valence-corrected chi connectivity index (χ1v) is 38.7. The molecule has 15 rings (SSSR count). The molecule has 5 heteroatoms. The Morgan fingerprint density at radius 3 is 0.781 bits per heavy atom. The lowest BCUT2D eigenvalue weighted by Crippen LogP contribution is -1.95. The van der Waals surface area contributed by atoms with Gasteiger partial charge in [-0.15, -0.1) is 46.2 Å². The van der Waals surface area contributed by atoms with E-state index in [1.807, 2.05) is 0 Å². The van der Waals surface area contributed by atoms with Crippen LogP contribution in [0.25, 0.3) is 111 Å². The van der Waals surface area contributed by atoms with Crippen molar-refractivity contribution in [1.82, 2.24) is 0 Å². The third-order valence-corrected chi connectivity index (χ3v) is 21.2. The maximum absolute atomic E-state index is 2.78. The van der Waals surface area contributed by atoms with Gasteiger partial charge in [-0.2, -0.15) is 0 Å². The summed E-state index contributed by atoms with van der Waals surface area (Å²) in [6.45, 7) is 21.4. The molecule has 5 atom stereocenters. The molecule has 0 saturated heterocycles. The Morgan fingerprint density at radius 1 is 0.143 bits per heavy atom. The average molecular weight is 1450 g/mol. The lowest BCUT2D eigenvalue weighted by atomic mass is 9.95. The molecule has 0 radical (unpaired) electrons. The summed E-state index contributed by atoms with van der Waals surface area (Å²) in [6.07, 6.45) is 0. The zero-order valence-electron chi connectivity index (χ0n) is 62.1. The minimum Gasteiger partial charge on any atom is -0.106 e. The highest BCUT2D eigenvalue weighted by Gasteiger charge is 2.11. The Balaban J connectivity index is 0.000000131. The highest BCUT2D eigenvalue weighted by molar-refractivity contribution is 7.28. The molecule has 0 fully saturated rings. The maximum Gasteiger partial charge on any atom is -0.0149 e. The van der Waals surface area contributed by atoms with Gasteiger partial charge in [0.2, 0.25) is 0 Å². The van der Waals surface area contributed by atoms with Gasteiger partial charge in [0.1, 0.15) is 0 Å². The normalized spacial score (nSPS) is 10.6. The van der Waals surface area contributed by atoms with E-state index in [1.165, 1.54) is 193 Å². The Bertz CT molecular complexity index is 5180. The fourth-order valence-corrected chi connectivity index (χ4v) is 13.8. The summed E-state index contributed by atoms with van der Waals surface area (Å²) in [4.78, 5) is 0. The number of aryl methyl sites for hydroxylation is 10. The van der Waals surface area contributed by atoms with Crippen LogP contribution in [0, 0.1) is 69.2 Å². The van der Waals surface area contributed by atoms with E-state index in [4.69, 9.17) is 0 Å². The first-order valence-electron chi connectivity index (χ1n) is 35.8. The lowest BCUT2D eigenvalue weighted by molar-refractivity contribution is 1.43. The molecule has 5 unspecified atom stereocenters. The highest BCUT2D eigenvalue weighted by Crippen LogP contribution is 2.35. The van der Waals surface area contributed by atoms with E-state index in [9.17, 15) is 0 Å². The third-order valence-electron chi connectivity index (χ3n) is 19.1. The van der Waals surface area contributed by atoms with E-state index in [0.717, 1.165) is 0 Å². The van der Waals surface area contributed by atoms with E-state index in [0.29, 0.717) is 0 Å². The van der Waals surface area contributed by atoms with Crippen molar-refractivity contribution in [2.24, 2.45) is 0 Å². The minimum atomic E-state index is 1.21. The van der Waals surface area contributed by atoms with Crippen LogP contribution < -0.4 is 26.5 Å². The minimum absolute atomic E-state index is 1.21. The van der Waals surface area contributed by atoms with E-state index in [1.54, 1.807) is 0 Å². The molecule has 520 valence electrons. The highest BCUT2D eigenvalue weighted by atomic mass is 31.0. The summed E-state index contributed by atoms with van der Waals surface area (Å²) in [5.41, 5.74) is 38.5. The molecule has 0 heterocycles. The Labute approximate surface area is 638 Å². The van der Waals surface area contributed by atoms with Crippen LogP contribution in [0.15, 0.2) is 334 Å². The van der Waals surface area contributed by atoms with Crippen molar-refractivity contribution in [3.63, 3.8) is 0 Å². The van der Waals surface area contributed by atoms with Crippen LogP contribution in [0.2, 0.25) is 0 Å². The topological polar surface area (TPSA) is 0 Å². The second-order valence-electron chi connectivity index (χ2n) is 27.7. The van der Waals surface area contributed by atoms with Crippen molar-refractivity contribution in [3.8, 4) is 111 Å².